The largest absolute Gasteiger partial charge is 0.349 e. The van der Waals surface area contributed by atoms with Crippen LogP contribution in [-0.2, 0) is 0 Å². The first-order valence-corrected chi connectivity index (χ1v) is 9.32. The van der Waals surface area contributed by atoms with Crippen molar-refractivity contribution in [2.24, 2.45) is 0 Å². The van der Waals surface area contributed by atoms with E-state index >= 15 is 0 Å². The molecule has 0 aromatic heterocycles. The quantitative estimate of drug-likeness (QED) is 0.371. The fraction of sp³-hybridized carbons (Fsp3) is 0.182. The van der Waals surface area contributed by atoms with Gasteiger partial charge in [0.25, 0.3) is 11.4 Å². The van der Waals surface area contributed by atoms with Crippen LogP contribution in [0, 0.1) is 47.9 Å². The maximum absolute atomic E-state index is 11.7. The van der Waals surface area contributed by atoms with Crippen LogP contribution in [0.25, 0.3) is 0 Å². The summed E-state index contributed by atoms with van der Waals surface area (Å²) in [5, 5.41) is 29.5. The number of nitro groups is 2. The topological polar surface area (TPSA) is 110 Å². The average molecular weight is 406 g/mol. The highest BCUT2D eigenvalue weighted by Gasteiger charge is 2.26. The monoisotopic (exact) mass is 406 g/mol. The van der Waals surface area contributed by atoms with Gasteiger partial charge in [-0.2, -0.15) is 0 Å². The third-order valence-electron chi connectivity index (χ3n) is 4.99. The minimum absolute atomic E-state index is 0.178. The van der Waals surface area contributed by atoms with Crippen molar-refractivity contribution >= 4 is 34.1 Å². The van der Waals surface area contributed by atoms with E-state index < -0.39 is 9.85 Å². The summed E-state index contributed by atoms with van der Waals surface area (Å²) < 4.78 is 0. The summed E-state index contributed by atoms with van der Waals surface area (Å²) in [4.78, 5) is 22.1. The van der Waals surface area contributed by atoms with Gasteiger partial charge in [-0.05, 0) is 56.0 Å². The highest BCUT2D eigenvalue weighted by Crippen LogP contribution is 2.40. The fourth-order valence-electron chi connectivity index (χ4n) is 3.37. The van der Waals surface area contributed by atoms with Crippen molar-refractivity contribution in [2.75, 3.05) is 10.6 Å². The highest BCUT2D eigenvalue weighted by atomic mass is 16.6. The molecule has 0 fully saturated rings. The van der Waals surface area contributed by atoms with Crippen LogP contribution in [0.3, 0.4) is 0 Å². The predicted molar refractivity (Wildman–Crippen MR) is 118 cm³/mol. The first kappa shape index (κ1) is 20.8. The second kappa shape index (κ2) is 8.20. The summed E-state index contributed by atoms with van der Waals surface area (Å²) in [6.45, 7) is 7.57. The lowest BCUT2D eigenvalue weighted by atomic mass is 10.1. The standard InChI is InChI=1S/C22H22N4O4/c1-13-7-5-8-14(2)21(13)23-17-11-18(20(26(29)30)12-19(17)25(27)28)24-22-15(3)9-6-10-16(22)4/h5-12,23-24H,1-4H3. The Bertz CT molecular complexity index is 1030. The third kappa shape index (κ3) is 4.07. The zero-order chi connectivity index (χ0) is 22.0. The second-order valence-corrected chi connectivity index (χ2v) is 7.18. The van der Waals surface area contributed by atoms with Crippen molar-refractivity contribution in [3.8, 4) is 0 Å². The van der Waals surface area contributed by atoms with Crippen LogP contribution in [0.1, 0.15) is 22.3 Å². The summed E-state index contributed by atoms with van der Waals surface area (Å²) in [5.41, 5.74) is 4.72. The molecule has 0 saturated heterocycles. The van der Waals surface area contributed by atoms with Crippen LogP contribution in [-0.4, -0.2) is 9.85 Å². The van der Waals surface area contributed by atoms with Gasteiger partial charge in [-0.1, -0.05) is 36.4 Å². The molecule has 3 aromatic carbocycles. The lowest BCUT2D eigenvalue weighted by Gasteiger charge is -2.16. The molecule has 2 N–H and O–H groups in total. The zero-order valence-corrected chi connectivity index (χ0v) is 17.1. The molecule has 8 nitrogen and oxygen atoms in total. The van der Waals surface area contributed by atoms with Gasteiger partial charge in [0, 0.05) is 11.4 Å². The van der Waals surface area contributed by atoms with E-state index in [-0.39, 0.29) is 22.7 Å². The van der Waals surface area contributed by atoms with Crippen LogP contribution in [0.4, 0.5) is 34.1 Å². The number of benzene rings is 3. The Kier molecular flexibility index (Phi) is 5.68. The molecule has 3 aromatic rings. The van der Waals surface area contributed by atoms with E-state index in [2.05, 4.69) is 10.6 Å². The lowest BCUT2D eigenvalue weighted by Crippen LogP contribution is -2.05. The number of anilines is 4. The maximum atomic E-state index is 11.7. The molecular weight excluding hydrogens is 384 g/mol. The van der Waals surface area contributed by atoms with Crippen LogP contribution in [0.15, 0.2) is 48.5 Å². The van der Waals surface area contributed by atoms with Gasteiger partial charge in [0.15, 0.2) is 0 Å². The summed E-state index contributed by atoms with van der Waals surface area (Å²) in [6.07, 6.45) is 0. The number of rotatable bonds is 6. The van der Waals surface area contributed by atoms with E-state index in [4.69, 9.17) is 0 Å². The Hall–Kier alpha value is -3.94. The zero-order valence-electron chi connectivity index (χ0n) is 17.1. The summed E-state index contributed by atoms with van der Waals surface area (Å²) >= 11 is 0. The number of para-hydroxylation sites is 2. The molecular formula is C22H22N4O4. The molecule has 0 aliphatic carbocycles. The number of nitrogens with zero attached hydrogens (tertiary/aromatic N) is 2. The number of nitro benzene ring substituents is 2. The molecule has 0 aliphatic heterocycles. The van der Waals surface area contributed by atoms with Gasteiger partial charge < -0.3 is 10.6 Å². The van der Waals surface area contributed by atoms with Crippen LogP contribution in [0.2, 0.25) is 0 Å². The maximum Gasteiger partial charge on any atom is 0.299 e. The Morgan fingerprint density at radius 2 is 0.967 bits per heavy atom. The van der Waals surface area contributed by atoms with Crippen LogP contribution in [0.5, 0.6) is 0 Å². The molecule has 0 spiro atoms. The third-order valence-corrected chi connectivity index (χ3v) is 4.99. The van der Waals surface area contributed by atoms with Gasteiger partial charge in [0.2, 0.25) is 0 Å². The summed E-state index contributed by atoms with van der Waals surface area (Å²) in [5.74, 6) is 0. The van der Waals surface area contributed by atoms with Crippen LogP contribution >= 0.6 is 0 Å². The Morgan fingerprint density at radius 3 is 1.27 bits per heavy atom. The summed E-state index contributed by atoms with van der Waals surface area (Å²) in [6, 6.07) is 13.8. The molecule has 8 heteroatoms. The minimum atomic E-state index is -0.619. The predicted octanol–water partition coefficient (Wildman–Crippen LogP) is 6.22. The van der Waals surface area contributed by atoms with Gasteiger partial charge in [-0.25, -0.2) is 0 Å². The number of hydrogen-bond acceptors (Lipinski definition) is 6. The van der Waals surface area contributed by atoms with Crippen molar-refractivity contribution in [3.05, 3.63) is 91.0 Å². The van der Waals surface area contributed by atoms with Gasteiger partial charge in [-0.15, -0.1) is 0 Å². The Labute approximate surface area is 173 Å². The van der Waals surface area contributed by atoms with Crippen molar-refractivity contribution in [3.63, 3.8) is 0 Å². The van der Waals surface area contributed by atoms with Crippen molar-refractivity contribution in [1.29, 1.82) is 0 Å². The van der Waals surface area contributed by atoms with Gasteiger partial charge in [0.1, 0.15) is 11.4 Å². The minimum Gasteiger partial charge on any atom is -0.349 e. The first-order chi connectivity index (χ1) is 14.2. The number of hydrogen-bond donors (Lipinski definition) is 2. The van der Waals surface area contributed by atoms with Crippen LogP contribution < -0.4 is 10.6 Å². The Morgan fingerprint density at radius 1 is 0.633 bits per heavy atom. The molecule has 0 heterocycles. The van der Waals surface area contributed by atoms with Crippen molar-refractivity contribution in [2.45, 2.75) is 27.7 Å². The van der Waals surface area contributed by atoms with Gasteiger partial charge in [-0.3, -0.25) is 20.2 Å². The molecule has 0 unspecified atom stereocenters. The SMILES string of the molecule is Cc1cccc(C)c1Nc1cc(Nc2c(C)cccc2C)c([N+](=O)[O-])cc1[N+](=O)[O-]. The van der Waals surface area contributed by atoms with E-state index in [1.165, 1.54) is 6.07 Å². The van der Waals surface area contributed by atoms with E-state index in [9.17, 15) is 20.2 Å². The van der Waals surface area contributed by atoms with Crippen molar-refractivity contribution in [1.82, 2.24) is 0 Å². The molecule has 0 atom stereocenters. The molecule has 154 valence electrons. The van der Waals surface area contributed by atoms with E-state index in [0.29, 0.717) is 0 Å². The van der Waals surface area contributed by atoms with Crippen molar-refractivity contribution < 1.29 is 9.85 Å². The molecule has 0 radical (unpaired) electrons. The smallest absolute Gasteiger partial charge is 0.299 e. The lowest BCUT2D eigenvalue weighted by molar-refractivity contribution is -0.393. The number of aryl methyl sites for hydroxylation is 4. The van der Waals surface area contributed by atoms with E-state index in [1.807, 2.05) is 64.1 Å². The molecule has 3 rings (SSSR count). The Balaban J connectivity index is 2.18. The normalized spacial score (nSPS) is 10.5. The van der Waals surface area contributed by atoms with E-state index in [1.54, 1.807) is 0 Å². The average Bonchev–Trinajstić information content (AvgIpc) is 2.67. The highest BCUT2D eigenvalue weighted by molar-refractivity contribution is 5.84. The van der Waals surface area contributed by atoms with Gasteiger partial charge in [0.05, 0.1) is 15.9 Å². The fourth-order valence-corrected chi connectivity index (χ4v) is 3.37. The second-order valence-electron chi connectivity index (χ2n) is 7.18. The summed E-state index contributed by atoms with van der Waals surface area (Å²) in [7, 11) is 0. The molecule has 0 bridgehead atoms. The molecule has 30 heavy (non-hydrogen) atoms. The van der Waals surface area contributed by atoms with E-state index in [0.717, 1.165) is 39.7 Å². The molecule has 0 saturated carbocycles. The molecule has 0 amide bonds. The van der Waals surface area contributed by atoms with Gasteiger partial charge >= 0.3 is 0 Å². The molecule has 0 aliphatic rings. The number of nitrogens with one attached hydrogen (secondary N) is 2. The first-order valence-electron chi connectivity index (χ1n) is 9.32.